The van der Waals surface area contributed by atoms with Gasteiger partial charge in [-0.25, -0.2) is 0 Å². The van der Waals surface area contributed by atoms with E-state index >= 15 is 0 Å². The third-order valence-corrected chi connectivity index (χ3v) is 5.36. The van der Waals surface area contributed by atoms with Gasteiger partial charge in [-0.2, -0.15) is 6.07 Å². The fourth-order valence-electron chi connectivity index (χ4n) is 4.16. The van der Waals surface area contributed by atoms with Gasteiger partial charge < -0.3 is 0 Å². The molecule has 0 radical (unpaired) electrons. The van der Waals surface area contributed by atoms with Crippen LogP contribution in [0.15, 0.2) is 72.8 Å². The standard InChI is InChI=1S/C27H27.2ClH.Zr/c1-4-5-9-21-17-23-12-13-25(22-10-7-6-8-11-22)27(26(23)18-21)24-15-19(2)14-20(3)16-24;;;/h6-8,10-18H,4-5,9H2,1-3H3;2*1H;/q-1;;;+2/p-2. The van der Waals surface area contributed by atoms with E-state index < -0.39 is 20.8 Å². The maximum atomic E-state index is 4.93. The Hall–Kier alpha value is -1.27. The van der Waals surface area contributed by atoms with Gasteiger partial charge in [0, 0.05) is 0 Å². The average Bonchev–Trinajstić information content (AvgIpc) is 3.15. The zero-order valence-corrected chi connectivity index (χ0v) is 21.8. The van der Waals surface area contributed by atoms with Crippen LogP contribution >= 0.6 is 17.0 Å². The molecule has 0 N–H and O–H groups in total. The van der Waals surface area contributed by atoms with E-state index in [1.807, 2.05) is 0 Å². The minimum atomic E-state index is -0.826. The second-order valence-corrected chi connectivity index (χ2v) is 11.5. The van der Waals surface area contributed by atoms with Gasteiger partial charge in [0.15, 0.2) is 0 Å². The van der Waals surface area contributed by atoms with E-state index in [1.165, 1.54) is 62.6 Å². The second kappa shape index (κ2) is 11.4. The molecule has 4 aromatic rings. The zero-order valence-electron chi connectivity index (χ0n) is 17.8. The van der Waals surface area contributed by atoms with Crippen molar-refractivity contribution < 1.29 is 20.8 Å². The number of halogens is 2. The van der Waals surface area contributed by atoms with E-state index in [1.54, 1.807) is 0 Å². The van der Waals surface area contributed by atoms with Crippen LogP contribution in [0.1, 0.15) is 36.5 Å². The van der Waals surface area contributed by atoms with Crippen LogP contribution in [0.4, 0.5) is 0 Å². The van der Waals surface area contributed by atoms with Gasteiger partial charge in [-0.1, -0.05) is 91.1 Å². The quantitative estimate of drug-likeness (QED) is 0.233. The molecule has 0 heterocycles. The predicted molar refractivity (Wildman–Crippen MR) is 130 cm³/mol. The Morgan fingerprint density at radius 1 is 0.833 bits per heavy atom. The van der Waals surface area contributed by atoms with Crippen LogP contribution in [0.2, 0.25) is 0 Å². The molecule has 0 atom stereocenters. The van der Waals surface area contributed by atoms with Crippen molar-refractivity contribution >= 4 is 27.8 Å². The molecule has 154 valence electrons. The Labute approximate surface area is 199 Å². The second-order valence-electron chi connectivity index (χ2n) is 7.77. The Kier molecular flexibility index (Phi) is 8.88. The first kappa shape index (κ1) is 23.4. The number of unbranched alkanes of at least 4 members (excludes halogenated alkanes) is 1. The van der Waals surface area contributed by atoms with Gasteiger partial charge >= 0.3 is 37.9 Å². The van der Waals surface area contributed by atoms with E-state index in [4.69, 9.17) is 17.0 Å². The number of hydrogen-bond donors (Lipinski definition) is 0. The monoisotopic (exact) mass is 511 g/mol. The fraction of sp³-hybridized carbons (Fsp3) is 0.222. The van der Waals surface area contributed by atoms with Crippen molar-refractivity contribution in [3.63, 3.8) is 0 Å². The molecule has 0 spiro atoms. The molecule has 4 aromatic carbocycles. The molecule has 0 fully saturated rings. The molecule has 0 unspecified atom stereocenters. The van der Waals surface area contributed by atoms with Crippen molar-refractivity contribution in [1.29, 1.82) is 0 Å². The van der Waals surface area contributed by atoms with Gasteiger partial charge in [0.25, 0.3) is 0 Å². The predicted octanol–water partition coefficient (Wildman–Crippen LogP) is 9.23. The third kappa shape index (κ3) is 5.70. The minimum absolute atomic E-state index is 0.826. The number of aryl methyl sites for hydroxylation is 3. The zero-order chi connectivity index (χ0) is 21.5. The summed E-state index contributed by atoms with van der Waals surface area (Å²) < 4.78 is 0. The number of rotatable bonds is 5. The van der Waals surface area contributed by atoms with Crippen molar-refractivity contribution in [2.45, 2.75) is 40.0 Å². The molecule has 0 saturated heterocycles. The van der Waals surface area contributed by atoms with E-state index in [0.717, 1.165) is 6.42 Å². The van der Waals surface area contributed by atoms with Crippen LogP contribution in [0.3, 0.4) is 0 Å². The maximum absolute atomic E-state index is 4.93. The molecule has 0 amide bonds. The molecule has 30 heavy (non-hydrogen) atoms. The van der Waals surface area contributed by atoms with Gasteiger partial charge in [-0.05, 0) is 37.0 Å². The topological polar surface area (TPSA) is 0 Å². The van der Waals surface area contributed by atoms with Crippen LogP contribution in [-0.4, -0.2) is 0 Å². The third-order valence-electron chi connectivity index (χ3n) is 5.36. The first-order valence-corrected chi connectivity index (χ1v) is 16.7. The Morgan fingerprint density at radius 3 is 2.13 bits per heavy atom. The Bertz CT molecular complexity index is 1080. The Balaban J connectivity index is 0.000000806. The van der Waals surface area contributed by atoms with Gasteiger partial charge in [-0.3, -0.25) is 0 Å². The first-order valence-electron chi connectivity index (χ1n) is 10.4. The summed E-state index contributed by atoms with van der Waals surface area (Å²) >= 11 is -0.826. The van der Waals surface area contributed by atoms with E-state index in [0.29, 0.717) is 0 Å². The van der Waals surface area contributed by atoms with Crippen LogP contribution in [0.5, 0.6) is 0 Å². The molecule has 0 aliphatic rings. The summed E-state index contributed by atoms with van der Waals surface area (Å²) in [4.78, 5) is 0. The summed E-state index contributed by atoms with van der Waals surface area (Å²) in [5.41, 5.74) is 9.39. The van der Waals surface area contributed by atoms with Crippen molar-refractivity contribution in [1.82, 2.24) is 0 Å². The first-order chi connectivity index (χ1) is 14.6. The van der Waals surface area contributed by atoms with Gasteiger partial charge in [-0.15, -0.1) is 28.5 Å². The summed E-state index contributed by atoms with van der Waals surface area (Å²) in [5, 5.41) is 2.74. The van der Waals surface area contributed by atoms with Crippen molar-refractivity contribution in [2.75, 3.05) is 0 Å². The molecule has 0 aromatic heterocycles. The van der Waals surface area contributed by atoms with Crippen LogP contribution in [-0.2, 0) is 27.3 Å². The molecular weight excluding hydrogens is 486 g/mol. The van der Waals surface area contributed by atoms with Crippen LogP contribution in [0, 0.1) is 13.8 Å². The fourth-order valence-corrected chi connectivity index (χ4v) is 4.16. The summed E-state index contributed by atoms with van der Waals surface area (Å²) in [7, 11) is 9.87. The van der Waals surface area contributed by atoms with Crippen molar-refractivity contribution in [2.24, 2.45) is 0 Å². The number of fused-ring (bicyclic) bond motifs is 1. The normalized spacial score (nSPS) is 10.6. The van der Waals surface area contributed by atoms with E-state index in [-0.39, 0.29) is 0 Å². The van der Waals surface area contributed by atoms with Gasteiger partial charge in [0.1, 0.15) is 0 Å². The molecule has 0 nitrogen and oxygen atoms in total. The number of hydrogen-bond acceptors (Lipinski definition) is 0. The van der Waals surface area contributed by atoms with Crippen molar-refractivity contribution in [3.05, 3.63) is 89.5 Å². The summed E-state index contributed by atoms with van der Waals surface area (Å²) in [6, 6.07) is 27.1. The summed E-state index contributed by atoms with van der Waals surface area (Å²) in [6.07, 6.45) is 3.65. The Morgan fingerprint density at radius 2 is 1.50 bits per heavy atom. The molecule has 0 aliphatic heterocycles. The summed E-state index contributed by atoms with van der Waals surface area (Å²) in [6.45, 7) is 6.64. The van der Waals surface area contributed by atoms with Crippen LogP contribution < -0.4 is 0 Å². The van der Waals surface area contributed by atoms with Crippen molar-refractivity contribution in [3.8, 4) is 22.3 Å². The van der Waals surface area contributed by atoms with Gasteiger partial charge in [0.2, 0.25) is 0 Å². The molecule has 0 bridgehead atoms. The van der Waals surface area contributed by atoms with Gasteiger partial charge in [0.05, 0.1) is 0 Å². The van der Waals surface area contributed by atoms with E-state index in [9.17, 15) is 0 Å². The average molecular weight is 514 g/mol. The molecule has 0 saturated carbocycles. The summed E-state index contributed by atoms with van der Waals surface area (Å²) in [5.74, 6) is 0. The van der Waals surface area contributed by atoms with Crippen LogP contribution in [0.25, 0.3) is 33.0 Å². The van der Waals surface area contributed by atoms with E-state index in [2.05, 4.69) is 93.6 Å². The molecule has 4 rings (SSSR count). The molecular formula is C27H27Cl2Zr-. The SMILES string of the molecule is CCCCc1cc2c(-c3cc(C)cc(C)c3)c(-c3ccccc3)ccc2[cH-]1.[Cl][Zr][Cl]. The molecule has 3 heteroatoms. The molecule has 0 aliphatic carbocycles. The number of benzene rings is 3.